The molecular formula is C21H23N5O. The summed E-state index contributed by atoms with van der Waals surface area (Å²) in [5.41, 5.74) is 8.57. The molecule has 6 heteroatoms. The second-order valence-electron chi connectivity index (χ2n) is 5.99. The molecule has 0 amide bonds. The van der Waals surface area contributed by atoms with Crippen LogP contribution in [0.2, 0.25) is 0 Å². The average molecular weight is 361 g/mol. The van der Waals surface area contributed by atoms with Gasteiger partial charge in [0.25, 0.3) is 0 Å². The number of hydrogen-bond acceptors (Lipinski definition) is 6. The Bertz CT molecular complexity index is 934. The van der Waals surface area contributed by atoms with Crippen LogP contribution in [0.4, 0.5) is 11.6 Å². The normalized spacial score (nSPS) is 11.0. The highest BCUT2D eigenvalue weighted by molar-refractivity contribution is 5.70. The SMILES string of the molecule is CCN(CC)c1ccc(C=Cc2nc(N)nc(-c3ccccc3O)n2)cc1. The number of hydrogen-bond donors (Lipinski definition) is 2. The molecule has 1 aromatic heterocycles. The first-order valence-electron chi connectivity index (χ1n) is 8.93. The van der Waals surface area contributed by atoms with Gasteiger partial charge in [0.1, 0.15) is 5.75 Å². The molecule has 6 nitrogen and oxygen atoms in total. The minimum Gasteiger partial charge on any atom is -0.507 e. The average Bonchev–Trinajstić information content (AvgIpc) is 2.68. The molecule has 0 bridgehead atoms. The summed E-state index contributed by atoms with van der Waals surface area (Å²) >= 11 is 0. The molecule has 1 heterocycles. The number of phenols is 1. The molecule has 3 N–H and O–H groups in total. The highest BCUT2D eigenvalue weighted by atomic mass is 16.3. The van der Waals surface area contributed by atoms with Gasteiger partial charge in [0.05, 0.1) is 5.56 Å². The third-order valence-electron chi connectivity index (χ3n) is 4.26. The number of aromatic hydroxyl groups is 1. The molecule has 3 aromatic rings. The highest BCUT2D eigenvalue weighted by Crippen LogP contribution is 2.26. The first-order chi connectivity index (χ1) is 13.1. The van der Waals surface area contributed by atoms with E-state index in [4.69, 9.17) is 5.73 Å². The monoisotopic (exact) mass is 361 g/mol. The number of rotatable bonds is 6. The van der Waals surface area contributed by atoms with Gasteiger partial charge in [-0.15, -0.1) is 0 Å². The van der Waals surface area contributed by atoms with Crippen molar-refractivity contribution < 1.29 is 5.11 Å². The van der Waals surface area contributed by atoms with Crippen LogP contribution in [-0.2, 0) is 0 Å². The van der Waals surface area contributed by atoms with Crippen LogP contribution in [0.25, 0.3) is 23.5 Å². The van der Waals surface area contributed by atoms with Gasteiger partial charge < -0.3 is 15.7 Å². The van der Waals surface area contributed by atoms with E-state index in [1.807, 2.05) is 12.1 Å². The van der Waals surface area contributed by atoms with Crippen LogP contribution in [0.15, 0.2) is 48.5 Å². The van der Waals surface area contributed by atoms with Crippen molar-refractivity contribution in [3.05, 3.63) is 59.9 Å². The lowest BCUT2D eigenvalue weighted by Gasteiger charge is -2.20. The van der Waals surface area contributed by atoms with Crippen LogP contribution in [0.5, 0.6) is 5.75 Å². The van der Waals surface area contributed by atoms with E-state index in [2.05, 4.69) is 58.0 Å². The van der Waals surface area contributed by atoms with E-state index in [-0.39, 0.29) is 11.7 Å². The Balaban J connectivity index is 1.84. The van der Waals surface area contributed by atoms with Gasteiger partial charge in [-0.25, -0.2) is 4.98 Å². The van der Waals surface area contributed by atoms with Gasteiger partial charge >= 0.3 is 0 Å². The topological polar surface area (TPSA) is 88.2 Å². The molecule has 138 valence electrons. The molecule has 0 aliphatic rings. The van der Waals surface area contributed by atoms with E-state index in [1.165, 1.54) is 5.69 Å². The molecule has 0 radical (unpaired) electrons. The number of aromatic nitrogens is 3. The summed E-state index contributed by atoms with van der Waals surface area (Å²) in [5.74, 6) is 0.996. The van der Waals surface area contributed by atoms with Crippen LogP contribution in [-0.4, -0.2) is 33.1 Å². The zero-order valence-electron chi connectivity index (χ0n) is 15.5. The van der Waals surface area contributed by atoms with Crippen molar-refractivity contribution >= 4 is 23.8 Å². The van der Waals surface area contributed by atoms with E-state index in [0.29, 0.717) is 17.2 Å². The zero-order chi connectivity index (χ0) is 19.2. The van der Waals surface area contributed by atoms with E-state index in [0.717, 1.165) is 18.7 Å². The molecule has 3 rings (SSSR count). The van der Waals surface area contributed by atoms with Crippen LogP contribution in [0, 0.1) is 0 Å². The smallest absolute Gasteiger partial charge is 0.224 e. The standard InChI is InChI=1S/C21H23N5O/c1-3-26(4-2)16-12-9-15(10-13-16)11-14-19-23-20(25-21(22)24-19)17-7-5-6-8-18(17)27/h5-14,27H,3-4H2,1-2H3,(H2,22,23,24,25). The molecule has 0 aliphatic heterocycles. The number of nitrogens with zero attached hydrogens (tertiary/aromatic N) is 4. The minimum absolute atomic E-state index is 0.102. The number of nitrogens with two attached hydrogens (primary N) is 1. The predicted molar refractivity (Wildman–Crippen MR) is 110 cm³/mol. The summed E-state index contributed by atoms with van der Waals surface area (Å²) in [7, 11) is 0. The highest BCUT2D eigenvalue weighted by Gasteiger charge is 2.09. The quantitative estimate of drug-likeness (QED) is 0.693. The zero-order valence-corrected chi connectivity index (χ0v) is 15.5. The van der Waals surface area contributed by atoms with Crippen molar-refractivity contribution in [1.82, 2.24) is 15.0 Å². The molecule has 0 fully saturated rings. The Morgan fingerprint density at radius 3 is 2.30 bits per heavy atom. The molecule has 0 aliphatic carbocycles. The van der Waals surface area contributed by atoms with Gasteiger partial charge in [-0.3, -0.25) is 0 Å². The minimum atomic E-state index is 0.102. The molecule has 0 saturated heterocycles. The van der Waals surface area contributed by atoms with Crippen LogP contribution >= 0.6 is 0 Å². The molecule has 0 unspecified atom stereocenters. The fourth-order valence-corrected chi connectivity index (χ4v) is 2.82. The van der Waals surface area contributed by atoms with Gasteiger partial charge in [0.2, 0.25) is 5.95 Å². The number of para-hydroxylation sites is 1. The van der Waals surface area contributed by atoms with Crippen LogP contribution in [0.3, 0.4) is 0 Å². The van der Waals surface area contributed by atoms with Crippen molar-refractivity contribution in [2.75, 3.05) is 23.7 Å². The Morgan fingerprint density at radius 1 is 0.926 bits per heavy atom. The fourth-order valence-electron chi connectivity index (χ4n) is 2.82. The maximum atomic E-state index is 10.0. The predicted octanol–water partition coefficient (Wildman–Crippen LogP) is 3.84. The van der Waals surface area contributed by atoms with Crippen molar-refractivity contribution in [3.8, 4) is 17.1 Å². The molecular weight excluding hydrogens is 338 g/mol. The van der Waals surface area contributed by atoms with Crippen molar-refractivity contribution in [2.45, 2.75) is 13.8 Å². The Labute approximate surface area is 159 Å². The Hall–Kier alpha value is -3.41. The summed E-state index contributed by atoms with van der Waals surface area (Å²) in [6, 6.07) is 15.2. The number of benzene rings is 2. The van der Waals surface area contributed by atoms with E-state index in [9.17, 15) is 5.11 Å². The number of phenolic OH excluding ortho intramolecular Hbond substituents is 1. The Morgan fingerprint density at radius 2 is 1.63 bits per heavy atom. The van der Waals surface area contributed by atoms with Gasteiger partial charge in [-0.05, 0) is 49.8 Å². The van der Waals surface area contributed by atoms with E-state index in [1.54, 1.807) is 24.3 Å². The van der Waals surface area contributed by atoms with Gasteiger partial charge in [0, 0.05) is 18.8 Å². The van der Waals surface area contributed by atoms with E-state index >= 15 is 0 Å². The van der Waals surface area contributed by atoms with Crippen molar-refractivity contribution in [1.29, 1.82) is 0 Å². The molecule has 0 spiro atoms. The summed E-state index contributed by atoms with van der Waals surface area (Å²) < 4.78 is 0. The summed E-state index contributed by atoms with van der Waals surface area (Å²) in [6.45, 7) is 6.24. The maximum absolute atomic E-state index is 10.0. The van der Waals surface area contributed by atoms with Gasteiger partial charge in [0.15, 0.2) is 11.6 Å². The lowest BCUT2D eigenvalue weighted by Crippen LogP contribution is -2.21. The summed E-state index contributed by atoms with van der Waals surface area (Å²) in [6.07, 6.45) is 3.71. The van der Waals surface area contributed by atoms with Crippen molar-refractivity contribution in [2.24, 2.45) is 0 Å². The molecule has 2 aromatic carbocycles. The lowest BCUT2D eigenvalue weighted by molar-refractivity contribution is 0.477. The lowest BCUT2D eigenvalue weighted by atomic mass is 10.1. The molecule has 0 saturated carbocycles. The second kappa shape index (κ2) is 8.31. The maximum Gasteiger partial charge on any atom is 0.224 e. The van der Waals surface area contributed by atoms with E-state index < -0.39 is 0 Å². The Kier molecular flexibility index (Phi) is 5.66. The van der Waals surface area contributed by atoms with Gasteiger partial charge in [-0.2, -0.15) is 9.97 Å². The first kappa shape index (κ1) is 18.4. The second-order valence-corrected chi connectivity index (χ2v) is 5.99. The number of anilines is 2. The van der Waals surface area contributed by atoms with Gasteiger partial charge in [-0.1, -0.05) is 30.3 Å². The summed E-state index contributed by atoms with van der Waals surface area (Å²) in [5, 5.41) is 10.0. The summed E-state index contributed by atoms with van der Waals surface area (Å²) in [4.78, 5) is 15.0. The largest absolute Gasteiger partial charge is 0.507 e. The third kappa shape index (κ3) is 4.41. The third-order valence-corrected chi connectivity index (χ3v) is 4.26. The number of nitrogen functional groups attached to an aromatic ring is 1. The van der Waals surface area contributed by atoms with Crippen molar-refractivity contribution in [3.63, 3.8) is 0 Å². The molecule has 27 heavy (non-hydrogen) atoms. The first-order valence-corrected chi connectivity index (χ1v) is 8.93. The van der Waals surface area contributed by atoms with Crippen LogP contribution in [0.1, 0.15) is 25.2 Å². The fraction of sp³-hybridized carbons (Fsp3) is 0.190. The van der Waals surface area contributed by atoms with Crippen LogP contribution < -0.4 is 10.6 Å². The molecule has 0 atom stereocenters.